The first-order chi connectivity index (χ1) is 12.8. The van der Waals surface area contributed by atoms with Crippen molar-refractivity contribution in [2.45, 2.75) is 12.5 Å². The predicted molar refractivity (Wildman–Crippen MR) is 103 cm³/mol. The first-order valence-electron chi connectivity index (χ1n) is 8.77. The van der Waals surface area contributed by atoms with Crippen LogP contribution in [-0.4, -0.2) is 40.0 Å². The van der Waals surface area contributed by atoms with Crippen LogP contribution in [0.4, 0.5) is 0 Å². The van der Waals surface area contributed by atoms with Crippen molar-refractivity contribution in [3.63, 3.8) is 0 Å². The minimum Gasteiger partial charge on any atom is -0.330 e. The summed E-state index contributed by atoms with van der Waals surface area (Å²) >= 11 is 1.32. The van der Waals surface area contributed by atoms with E-state index in [9.17, 15) is 4.79 Å². The van der Waals surface area contributed by atoms with Gasteiger partial charge in [0.2, 0.25) is 0 Å². The van der Waals surface area contributed by atoms with Crippen molar-refractivity contribution in [3.05, 3.63) is 71.1 Å². The van der Waals surface area contributed by atoms with E-state index in [1.807, 2.05) is 52.7 Å². The summed E-state index contributed by atoms with van der Waals surface area (Å²) < 4.78 is 3.89. The zero-order chi connectivity index (χ0) is 17.8. The number of aromatic nitrogens is 2. The van der Waals surface area contributed by atoms with Crippen LogP contribution in [0.5, 0.6) is 0 Å². The number of carbonyl (C=O) groups is 1. The van der Waals surface area contributed by atoms with Gasteiger partial charge in [-0.15, -0.1) is 5.10 Å². The lowest BCUT2D eigenvalue weighted by atomic mass is 10.0. The minimum atomic E-state index is 0.0496. The Labute approximate surface area is 156 Å². The average Bonchev–Trinajstić information content (AvgIpc) is 3.13. The Morgan fingerprint density at radius 2 is 1.92 bits per heavy atom. The quantitative estimate of drug-likeness (QED) is 0.774. The molecule has 2 aromatic carbocycles. The number of benzene rings is 2. The maximum absolute atomic E-state index is 13.2. The van der Waals surface area contributed by atoms with Crippen molar-refractivity contribution in [2.24, 2.45) is 0 Å². The fraction of sp³-hybridized carbons (Fsp3) is 0.250. The Kier molecular flexibility index (Phi) is 5.04. The summed E-state index contributed by atoms with van der Waals surface area (Å²) in [6.07, 6.45) is 0.956. The highest BCUT2D eigenvalue weighted by molar-refractivity contribution is 7.03. The van der Waals surface area contributed by atoms with E-state index < -0.39 is 0 Å². The molecule has 6 heteroatoms. The van der Waals surface area contributed by atoms with Gasteiger partial charge in [0.15, 0.2) is 0 Å². The molecule has 5 nitrogen and oxygen atoms in total. The third-order valence-electron chi connectivity index (χ3n) is 4.70. The van der Waals surface area contributed by atoms with Gasteiger partial charge in [-0.3, -0.25) is 4.79 Å². The summed E-state index contributed by atoms with van der Waals surface area (Å²) in [7, 11) is 0. The Morgan fingerprint density at radius 1 is 1.12 bits per heavy atom. The van der Waals surface area contributed by atoms with Gasteiger partial charge in [-0.2, -0.15) is 0 Å². The number of carbonyl (C=O) groups excluding carboxylic acids is 1. The molecule has 1 unspecified atom stereocenters. The summed E-state index contributed by atoms with van der Waals surface area (Å²) in [4.78, 5) is 15.2. The second kappa shape index (κ2) is 7.76. The molecular formula is C20H20N4OS. The molecule has 0 aliphatic carbocycles. The maximum atomic E-state index is 13.2. The lowest BCUT2D eigenvalue weighted by molar-refractivity contribution is 0.0691. The van der Waals surface area contributed by atoms with Crippen LogP contribution in [0.25, 0.3) is 11.3 Å². The molecule has 26 heavy (non-hydrogen) atoms. The third-order valence-corrected chi connectivity index (χ3v) is 5.20. The lowest BCUT2D eigenvalue weighted by Crippen LogP contribution is -2.37. The summed E-state index contributed by atoms with van der Waals surface area (Å²) in [6.45, 7) is 2.46. The van der Waals surface area contributed by atoms with Crippen molar-refractivity contribution in [1.82, 2.24) is 19.8 Å². The number of hydrogen-bond donors (Lipinski definition) is 1. The van der Waals surface area contributed by atoms with Crippen molar-refractivity contribution in [2.75, 3.05) is 19.6 Å². The van der Waals surface area contributed by atoms with Crippen LogP contribution in [-0.2, 0) is 0 Å². The molecular weight excluding hydrogens is 344 g/mol. The highest BCUT2D eigenvalue weighted by Gasteiger charge is 2.27. The Bertz CT molecular complexity index is 849. The smallest absolute Gasteiger partial charge is 0.254 e. The molecule has 1 atom stereocenters. The molecule has 132 valence electrons. The van der Waals surface area contributed by atoms with Crippen LogP contribution in [0.2, 0.25) is 0 Å². The summed E-state index contributed by atoms with van der Waals surface area (Å²) in [5.41, 5.74) is 3.70. The first-order valence-corrected chi connectivity index (χ1v) is 9.61. The fourth-order valence-electron chi connectivity index (χ4n) is 3.34. The second-order valence-corrected chi connectivity index (χ2v) is 6.96. The molecule has 0 saturated carbocycles. The van der Waals surface area contributed by atoms with E-state index in [-0.39, 0.29) is 11.9 Å². The number of amides is 1. The van der Waals surface area contributed by atoms with Gasteiger partial charge in [-0.05, 0) is 42.2 Å². The van der Waals surface area contributed by atoms with E-state index in [1.54, 1.807) is 0 Å². The van der Waals surface area contributed by atoms with Gasteiger partial charge in [-0.1, -0.05) is 47.0 Å². The Balaban J connectivity index is 1.60. The number of nitrogens with one attached hydrogen (secondary N) is 1. The lowest BCUT2D eigenvalue weighted by Gasteiger charge is -2.30. The fourth-order valence-corrected chi connectivity index (χ4v) is 3.80. The molecule has 1 N–H and O–H groups in total. The molecule has 4 rings (SSSR count). The van der Waals surface area contributed by atoms with E-state index in [2.05, 4.69) is 27.0 Å². The van der Waals surface area contributed by atoms with Crippen LogP contribution in [0, 0.1) is 0 Å². The topological polar surface area (TPSA) is 58.1 Å². The molecule has 3 aromatic rings. The molecule has 1 aliphatic heterocycles. The highest BCUT2D eigenvalue weighted by Crippen LogP contribution is 2.25. The Hall–Kier alpha value is -2.57. The van der Waals surface area contributed by atoms with Crippen molar-refractivity contribution < 1.29 is 4.79 Å². The molecule has 2 heterocycles. The van der Waals surface area contributed by atoms with E-state index >= 15 is 0 Å². The number of rotatable bonds is 3. The maximum Gasteiger partial charge on any atom is 0.254 e. The molecule has 0 radical (unpaired) electrons. The van der Waals surface area contributed by atoms with Gasteiger partial charge in [0.1, 0.15) is 5.69 Å². The first kappa shape index (κ1) is 16.9. The second-order valence-electron chi connectivity index (χ2n) is 6.35. The molecule has 1 aromatic heterocycles. The minimum absolute atomic E-state index is 0.0496. The summed E-state index contributed by atoms with van der Waals surface area (Å²) in [6, 6.07) is 18.0. The van der Waals surface area contributed by atoms with E-state index in [0.29, 0.717) is 5.56 Å². The normalized spacial score (nSPS) is 17.7. The zero-order valence-corrected chi connectivity index (χ0v) is 15.2. The Morgan fingerprint density at radius 3 is 2.65 bits per heavy atom. The molecule has 1 fully saturated rings. The van der Waals surface area contributed by atoms with Gasteiger partial charge >= 0.3 is 0 Å². The number of nitrogens with zero attached hydrogens (tertiary/aromatic N) is 3. The molecule has 1 amide bonds. The van der Waals surface area contributed by atoms with Gasteiger partial charge < -0.3 is 10.2 Å². The summed E-state index contributed by atoms with van der Waals surface area (Å²) in [5, 5.41) is 9.44. The summed E-state index contributed by atoms with van der Waals surface area (Å²) in [5.74, 6) is 0.0745. The van der Waals surface area contributed by atoms with Gasteiger partial charge in [0, 0.05) is 29.6 Å². The van der Waals surface area contributed by atoms with Crippen molar-refractivity contribution in [1.29, 1.82) is 0 Å². The average molecular weight is 364 g/mol. The van der Waals surface area contributed by atoms with Crippen molar-refractivity contribution in [3.8, 4) is 11.3 Å². The van der Waals surface area contributed by atoms with Crippen LogP contribution < -0.4 is 5.32 Å². The van der Waals surface area contributed by atoms with E-state index in [1.165, 1.54) is 17.1 Å². The van der Waals surface area contributed by atoms with Gasteiger partial charge in [0.25, 0.3) is 5.91 Å². The standard InChI is InChI=1S/C20H20N4OS/c25-20(17-9-7-15(8-10-17)18-14-26-23-22-18)24-12-4-11-21-13-19(24)16-5-2-1-3-6-16/h1-3,5-10,14,19,21H,4,11-13H2. The monoisotopic (exact) mass is 364 g/mol. The predicted octanol–water partition coefficient (Wildman–Crippen LogP) is 3.38. The van der Waals surface area contributed by atoms with Crippen LogP contribution in [0.1, 0.15) is 28.4 Å². The number of hydrogen-bond acceptors (Lipinski definition) is 5. The molecule has 1 saturated heterocycles. The van der Waals surface area contributed by atoms with Crippen molar-refractivity contribution >= 4 is 17.4 Å². The SMILES string of the molecule is O=C(c1ccc(-c2csnn2)cc1)N1CCCNCC1c1ccccc1. The van der Waals surface area contributed by atoms with Crippen LogP contribution in [0.15, 0.2) is 60.0 Å². The van der Waals surface area contributed by atoms with Crippen LogP contribution >= 0.6 is 11.5 Å². The van der Waals surface area contributed by atoms with E-state index in [4.69, 9.17) is 0 Å². The van der Waals surface area contributed by atoms with Gasteiger partial charge in [-0.25, -0.2) is 0 Å². The largest absolute Gasteiger partial charge is 0.330 e. The van der Waals surface area contributed by atoms with Gasteiger partial charge in [0.05, 0.1) is 6.04 Å². The molecule has 0 bridgehead atoms. The zero-order valence-electron chi connectivity index (χ0n) is 14.3. The molecule has 0 spiro atoms. The third kappa shape index (κ3) is 3.52. The van der Waals surface area contributed by atoms with Crippen LogP contribution in [0.3, 0.4) is 0 Å². The highest BCUT2D eigenvalue weighted by atomic mass is 32.1. The van der Waals surface area contributed by atoms with E-state index in [0.717, 1.165) is 37.3 Å². The molecule has 1 aliphatic rings.